The van der Waals surface area contributed by atoms with Gasteiger partial charge in [0.2, 0.25) is 0 Å². The van der Waals surface area contributed by atoms with Crippen LogP contribution < -0.4 is 4.90 Å². The summed E-state index contributed by atoms with van der Waals surface area (Å²) in [7, 11) is 1.73. The van der Waals surface area contributed by atoms with E-state index in [0.29, 0.717) is 5.69 Å². The van der Waals surface area contributed by atoms with Crippen LogP contribution in [0, 0.1) is 0 Å². The first-order chi connectivity index (χ1) is 7.29. The highest BCUT2D eigenvalue weighted by atomic mass is 16.2. The van der Waals surface area contributed by atoms with Crippen LogP contribution in [0.15, 0.2) is 42.9 Å². The van der Waals surface area contributed by atoms with Crippen LogP contribution in [0.25, 0.3) is 0 Å². The van der Waals surface area contributed by atoms with E-state index in [1.54, 1.807) is 11.9 Å². The van der Waals surface area contributed by atoms with Gasteiger partial charge in [0, 0.05) is 12.7 Å². The lowest BCUT2D eigenvalue weighted by Gasteiger charge is -2.15. The fraction of sp³-hybridized carbons (Fsp3) is 0.0909. The predicted octanol–water partition coefficient (Wildman–Crippen LogP) is 1.69. The van der Waals surface area contributed by atoms with Gasteiger partial charge in [-0.1, -0.05) is 18.2 Å². The molecule has 0 atom stereocenters. The van der Waals surface area contributed by atoms with Crippen molar-refractivity contribution >= 4 is 11.6 Å². The first kappa shape index (κ1) is 9.45. The Hall–Kier alpha value is -2.10. The van der Waals surface area contributed by atoms with Crippen LogP contribution in [0.2, 0.25) is 0 Å². The van der Waals surface area contributed by atoms with Gasteiger partial charge in [-0.05, 0) is 12.1 Å². The minimum absolute atomic E-state index is 0.0984. The minimum atomic E-state index is -0.0984. The van der Waals surface area contributed by atoms with Gasteiger partial charge in [-0.2, -0.15) is 0 Å². The summed E-state index contributed by atoms with van der Waals surface area (Å²) < 4.78 is 0. The zero-order chi connectivity index (χ0) is 10.7. The lowest BCUT2D eigenvalue weighted by atomic mass is 10.3. The Morgan fingerprint density at radius 3 is 2.67 bits per heavy atom. The van der Waals surface area contributed by atoms with Gasteiger partial charge in [-0.15, -0.1) is 0 Å². The zero-order valence-corrected chi connectivity index (χ0v) is 8.34. The van der Waals surface area contributed by atoms with E-state index >= 15 is 0 Å². The third-order valence-corrected chi connectivity index (χ3v) is 2.18. The Morgan fingerprint density at radius 1 is 1.33 bits per heavy atom. The molecule has 2 aromatic rings. The molecule has 0 saturated carbocycles. The third kappa shape index (κ3) is 1.88. The molecule has 0 unspecified atom stereocenters. The molecule has 0 aliphatic rings. The van der Waals surface area contributed by atoms with Gasteiger partial charge in [0.05, 0.1) is 12.5 Å². The van der Waals surface area contributed by atoms with Crippen molar-refractivity contribution in [2.45, 2.75) is 0 Å². The average molecular weight is 201 g/mol. The highest BCUT2D eigenvalue weighted by molar-refractivity contribution is 6.04. The van der Waals surface area contributed by atoms with Gasteiger partial charge in [-0.3, -0.25) is 4.79 Å². The minimum Gasteiger partial charge on any atom is -0.341 e. The molecule has 2 rings (SSSR count). The second kappa shape index (κ2) is 3.96. The van der Waals surface area contributed by atoms with Gasteiger partial charge >= 0.3 is 0 Å². The molecule has 0 aliphatic carbocycles. The molecule has 1 heterocycles. The Morgan fingerprint density at radius 2 is 2.07 bits per heavy atom. The maximum Gasteiger partial charge on any atom is 0.276 e. The van der Waals surface area contributed by atoms with Crippen molar-refractivity contribution in [1.82, 2.24) is 9.97 Å². The van der Waals surface area contributed by atoms with Gasteiger partial charge in [0.25, 0.3) is 5.91 Å². The quantitative estimate of drug-likeness (QED) is 0.803. The Kier molecular flexibility index (Phi) is 2.49. The van der Waals surface area contributed by atoms with Crippen molar-refractivity contribution in [2.75, 3.05) is 11.9 Å². The number of hydrogen-bond acceptors (Lipinski definition) is 2. The van der Waals surface area contributed by atoms with Crippen LogP contribution in [0.3, 0.4) is 0 Å². The van der Waals surface area contributed by atoms with E-state index < -0.39 is 0 Å². The smallest absolute Gasteiger partial charge is 0.276 e. The SMILES string of the molecule is CN(C(=O)c1cnc[nH]1)c1ccccc1. The average Bonchev–Trinajstić information content (AvgIpc) is 2.82. The van der Waals surface area contributed by atoms with Crippen molar-refractivity contribution < 1.29 is 4.79 Å². The van der Waals surface area contributed by atoms with Crippen molar-refractivity contribution in [2.24, 2.45) is 0 Å². The van der Waals surface area contributed by atoms with Crippen LogP contribution >= 0.6 is 0 Å². The van der Waals surface area contributed by atoms with E-state index in [1.807, 2.05) is 30.3 Å². The van der Waals surface area contributed by atoms with E-state index in [4.69, 9.17) is 0 Å². The molecule has 0 bridgehead atoms. The number of nitrogens with one attached hydrogen (secondary N) is 1. The van der Waals surface area contributed by atoms with Crippen molar-refractivity contribution in [3.8, 4) is 0 Å². The Balaban J connectivity index is 2.23. The van der Waals surface area contributed by atoms with Crippen LogP contribution in [0.1, 0.15) is 10.5 Å². The maximum absolute atomic E-state index is 11.9. The zero-order valence-electron chi connectivity index (χ0n) is 8.34. The summed E-state index contributed by atoms with van der Waals surface area (Å²) in [6.07, 6.45) is 3.01. The van der Waals surface area contributed by atoms with E-state index in [-0.39, 0.29) is 5.91 Å². The third-order valence-electron chi connectivity index (χ3n) is 2.18. The molecule has 0 aliphatic heterocycles. The summed E-state index contributed by atoms with van der Waals surface area (Å²) in [4.78, 5) is 20.0. The summed E-state index contributed by atoms with van der Waals surface area (Å²) >= 11 is 0. The van der Waals surface area contributed by atoms with Crippen molar-refractivity contribution in [3.05, 3.63) is 48.5 Å². The molecule has 15 heavy (non-hydrogen) atoms. The fourth-order valence-corrected chi connectivity index (χ4v) is 1.32. The number of aromatic nitrogens is 2. The van der Waals surface area contributed by atoms with E-state index in [1.165, 1.54) is 12.5 Å². The lowest BCUT2D eigenvalue weighted by molar-refractivity contribution is 0.0989. The topological polar surface area (TPSA) is 49.0 Å². The highest BCUT2D eigenvalue weighted by Gasteiger charge is 2.13. The molecule has 0 saturated heterocycles. The number of aromatic amines is 1. The number of rotatable bonds is 2. The van der Waals surface area contributed by atoms with E-state index in [2.05, 4.69) is 9.97 Å². The van der Waals surface area contributed by atoms with Gasteiger partial charge < -0.3 is 9.88 Å². The molecule has 1 aromatic heterocycles. The normalized spacial score (nSPS) is 9.93. The molecule has 0 fully saturated rings. The number of carbonyl (C=O) groups excluding carboxylic acids is 1. The van der Waals surface area contributed by atoms with Crippen LogP contribution in [-0.4, -0.2) is 22.9 Å². The Labute approximate surface area is 87.6 Å². The lowest BCUT2D eigenvalue weighted by Crippen LogP contribution is -2.26. The maximum atomic E-state index is 11.9. The number of anilines is 1. The molecule has 4 heteroatoms. The standard InChI is InChI=1S/C11H11N3O/c1-14(9-5-3-2-4-6-9)11(15)10-7-12-8-13-10/h2-8H,1H3,(H,12,13). The number of amides is 1. The highest BCUT2D eigenvalue weighted by Crippen LogP contribution is 2.13. The number of carbonyl (C=O) groups is 1. The number of benzene rings is 1. The molecule has 0 spiro atoms. The summed E-state index contributed by atoms with van der Waals surface area (Å²) in [5.74, 6) is -0.0984. The molecule has 0 radical (unpaired) electrons. The largest absolute Gasteiger partial charge is 0.341 e. The van der Waals surface area contributed by atoms with Crippen LogP contribution in [0.4, 0.5) is 5.69 Å². The molecular formula is C11H11N3O. The number of para-hydroxylation sites is 1. The summed E-state index contributed by atoms with van der Waals surface area (Å²) in [6.45, 7) is 0. The molecule has 1 aromatic carbocycles. The van der Waals surface area contributed by atoms with Crippen LogP contribution in [-0.2, 0) is 0 Å². The van der Waals surface area contributed by atoms with Crippen molar-refractivity contribution in [3.63, 3.8) is 0 Å². The molecular weight excluding hydrogens is 190 g/mol. The van der Waals surface area contributed by atoms with E-state index in [0.717, 1.165) is 5.69 Å². The first-order valence-corrected chi connectivity index (χ1v) is 4.60. The summed E-state index contributed by atoms with van der Waals surface area (Å²) in [5, 5.41) is 0. The van der Waals surface area contributed by atoms with Gasteiger partial charge in [0.15, 0.2) is 0 Å². The fourth-order valence-electron chi connectivity index (χ4n) is 1.32. The van der Waals surface area contributed by atoms with Crippen LogP contribution in [0.5, 0.6) is 0 Å². The first-order valence-electron chi connectivity index (χ1n) is 4.60. The number of hydrogen-bond donors (Lipinski definition) is 1. The summed E-state index contributed by atoms with van der Waals surface area (Å²) in [5.41, 5.74) is 1.35. The second-order valence-electron chi connectivity index (χ2n) is 3.17. The molecule has 1 N–H and O–H groups in total. The number of nitrogens with zero attached hydrogens (tertiary/aromatic N) is 2. The second-order valence-corrected chi connectivity index (χ2v) is 3.17. The van der Waals surface area contributed by atoms with Gasteiger partial charge in [0.1, 0.15) is 5.69 Å². The molecule has 4 nitrogen and oxygen atoms in total. The van der Waals surface area contributed by atoms with Gasteiger partial charge in [-0.25, -0.2) is 4.98 Å². The summed E-state index contributed by atoms with van der Waals surface area (Å²) in [6, 6.07) is 9.47. The monoisotopic (exact) mass is 201 g/mol. The Bertz CT molecular complexity index is 436. The van der Waals surface area contributed by atoms with Crippen molar-refractivity contribution in [1.29, 1.82) is 0 Å². The molecule has 76 valence electrons. The molecule has 1 amide bonds. The number of imidazole rings is 1. The van der Waals surface area contributed by atoms with E-state index in [9.17, 15) is 4.79 Å². The number of H-pyrrole nitrogens is 1. The predicted molar refractivity (Wildman–Crippen MR) is 57.8 cm³/mol.